The van der Waals surface area contributed by atoms with Crippen molar-refractivity contribution in [2.24, 2.45) is 0 Å². The molecular formula is C17H15ClFNO2. The molecule has 5 heteroatoms. The van der Waals surface area contributed by atoms with Crippen molar-refractivity contribution in [3.05, 3.63) is 52.5 Å². The number of rotatable bonds is 2. The van der Waals surface area contributed by atoms with Crippen LogP contribution in [0.5, 0.6) is 5.75 Å². The summed E-state index contributed by atoms with van der Waals surface area (Å²) in [7, 11) is 0. The highest BCUT2D eigenvalue weighted by molar-refractivity contribution is 6.31. The molecule has 3 nitrogen and oxygen atoms in total. The molecule has 0 radical (unpaired) electrons. The number of amides is 1. The van der Waals surface area contributed by atoms with Gasteiger partial charge in [-0.15, -0.1) is 0 Å². The van der Waals surface area contributed by atoms with Crippen LogP contribution in [0.4, 0.5) is 15.9 Å². The maximum atomic E-state index is 12.8. The van der Waals surface area contributed by atoms with E-state index >= 15 is 0 Å². The third-order valence-corrected chi connectivity index (χ3v) is 4.35. The molecule has 0 atom stereocenters. The lowest BCUT2D eigenvalue weighted by molar-refractivity contribution is -0.121. The lowest BCUT2D eigenvalue weighted by Crippen LogP contribution is -2.33. The Kier molecular flexibility index (Phi) is 3.37. The maximum absolute atomic E-state index is 12.8. The van der Waals surface area contributed by atoms with Crippen molar-refractivity contribution in [1.82, 2.24) is 0 Å². The van der Waals surface area contributed by atoms with E-state index in [0.29, 0.717) is 16.3 Å². The maximum Gasteiger partial charge on any atom is 0.241 e. The molecule has 1 amide bonds. The monoisotopic (exact) mass is 319 g/mol. The van der Waals surface area contributed by atoms with Crippen LogP contribution in [0.3, 0.4) is 0 Å². The number of aryl methyl sites for hydroxylation is 1. The molecule has 0 aromatic heterocycles. The van der Waals surface area contributed by atoms with E-state index in [4.69, 9.17) is 11.6 Å². The van der Waals surface area contributed by atoms with E-state index in [0.717, 1.165) is 11.3 Å². The van der Waals surface area contributed by atoms with Gasteiger partial charge in [0.25, 0.3) is 0 Å². The largest absolute Gasteiger partial charge is 0.294 e. The number of nitrogens with zero attached hydrogens (tertiary/aromatic N) is 1. The molecule has 1 aliphatic heterocycles. The number of hydrogen-bond donors (Lipinski definition) is 0. The lowest BCUT2D eigenvalue weighted by Gasteiger charge is -2.21. The van der Waals surface area contributed by atoms with Gasteiger partial charge in [-0.05, 0) is 68.3 Å². The molecule has 0 unspecified atom stereocenters. The summed E-state index contributed by atoms with van der Waals surface area (Å²) in [5.74, 6) is 0.101. The van der Waals surface area contributed by atoms with E-state index in [2.05, 4.69) is 4.94 Å². The molecule has 0 saturated carbocycles. The number of carbonyl (C=O) groups is 1. The highest BCUT2D eigenvalue weighted by atomic mass is 35.5. The molecule has 0 bridgehead atoms. The molecule has 3 rings (SSSR count). The minimum Gasteiger partial charge on any atom is -0.294 e. The molecule has 0 N–H and O–H groups in total. The highest BCUT2D eigenvalue weighted by Gasteiger charge is 2.44. The molecule has 2 aromatic carbocycles. The van der Waals surface area contributed by atoms with Crippen molar-refractivity contribution >= 4 is 28.9 Å². The molecule has 0 fully saturated rings. The average Bonchev–Trinajstić information content (AvgIpc) is 2.67. The molecule has 2 aromatic rings. The van der Waals surface area contributed by atoms with Crippen LogP contribution >= 0.6 is 11.6 Å². The topological polar surface area (TPSA) is 29.5 Å². The van der Waals surface area contributed by atoms with Crippen molar-refractivity contribution in [3.8, 4) is 5.75 Å². The third-order valence-electron chi connectivity index (χ3n) is 4.11. The van der Waals surface area contributed by atoms with Crippen molar-refractivity contribution in [1.29, 1.82) is 0 Å². The Morgan fingerprint density at radius 3 is 2.55 bits per heavy atom. The average molecular weight is 320 g/mol. The first-order chi connectivity index (χ1) is 10.4. The highest BCUT2D eigenvalue weighted by Crippen LogP contribution is 2.46. The van der Waals surface area contributed by atoms with Crippen LogP contribution in [0.15, 0.2) is 36.4 Å². The van der Waals surface area contributed by atoms with Gasteiger partial charge in [-0.3, -0.25) is 14.6 Å². The summed E-state index contributed by atoms with van der Waals surface area (Å²) in [6.07, 6.45) is 0. The molecule has 0 spiro atoms. The Labute approximate surface area is 133 Å². The van der Waals surface area contributed by atoms with Crippen molar-refractivity contribution < 1.29 is 14.3 Å². The fourth-order valence-electron chi connectivity index (χ4n) is 2.82. The summed E-state index contributed by atoms with van der Waals surface area (Å²) in [4.78, 5) is 18.3. The predicted octanol–water partition coefficient (Wildman–Crippen LogP) is 4.87. The van der Waals surface area contributed by atoms with Crippen LogP contribution in [0, 0.1) is 6.92 Å². The van der Waals surface area contributed by atoms with Crippen LogP contribution in [0.1, 0.15) is 25.0 Å². The van der Waals surface area contributed by atoms with Gasteiger partial charge >= 0.3 is 0 Å². The molecular weight excluding hydrogens is 305 g/mol. The van der Waals surface area contributed by atoms with Crippen molar-refractivity contribution in [2.75, 3.05) is 4.90 Å². The normalized spacial score (nSPS) is 15.9. The van der Waals surface area contributed by atoms with Crippen LogP contribution in [-0.2, 0) is 10.2 Å². The molecule has 1 aliphatic rings. The summed E-state index contributed by atoms with van der Waals surface area (Å²) >= 11 is 6.07. The number of carbonyl (C=O) groups excluding carboxylic acids is 1. The van der Waals surface area contributed by atoms with E-state index in [-0.39, 0.29) is 11.7 Å². The van der Waals surface area contributed by atoms with Crippen LogP contribution in [0.2, 0.25) is 5.02 Å². The van der Waals surface area contributed by atoms with Crippen molar-refractivity contribution in [3.63, 3.8) is 0 Å². The Balaban J connectivity index is 2.17. The number of benzene rings is 2. The van der Waals surface area contributed by atoms with E-state index in [9.17, 15) is 9.32 Å². The lowest BCUT2D eigenvalue weighted by atomic mass is 9.86. The third kappa shape index (κ3) is 2.06. The quantitative estimate of drug-likeness (QED) is 0.790. The summed E-state index contributed by atoms with van der Waals surface area (Å²) in [6.45, 7) is 5.47. The second-order valence-electron chi connectivity index (χ2n) is 5.95. The molecule has 114 valence electrons. The zero-order valence-corrected chi connectivity index (χ0v) is 13.2. The van der Waals surface area contributed by atoms with E-state index in [1.165, 1.54) is 6.07 Å². The van der Waals surface area contributed by atoms with Crippen LogP contribution in [0.25, 0.3) is 0 Å². The zero-order chi connectivity index (χ0) is 16.1. The Bertz CT molecular complexity index is 773. The van der Waals surface area contributed by atoms with Gasteiger partial charge in [0.1, 0.15) is 0 Å². The number of hydrogen-bond acceptors (Lipinski definition) is 2. The summed E-state index contributed by atoms with van der Waals surface area (Å²) in [6, 6.07) is 10.3. The van der Waals surface area contributed by atoms with Gasteiger partial charge in [-0.25, -0.2) is 0 Å². The van der Waals surface area contributed by atoms with Gasteiger partial charge in [0.2, 0.25) is 5.91 Å². The first-order valence-corrected chi connectivity index (χ1v) is 7.28. The Morgan fingerprint density at radius 1 is 1.18 bits per heavy atom. The van der Waals surface area contributed by atoms with Gasteiger partial charge in [-0.2, -0.15) is 0 Å². The van der Waals surface area contributed by atoms with E-state index in [1.807, 2.05) is 26.0 Å². The van der Waals surface area contributed by atoms with Gasteiger partial charge in [0, 0.05) is 15.2 Å². The minimum absolute atomic E-state index is 0.0434. The molecule has 22 heavy (non-hydrogen) atoms. The number of anilines is 2. The van der Waals surface area contributed by atoms with Crippen LogP contribution in [-0.4, -0.2) is 5.91 Å². The smallest absolute Gasteiger partial charge is 0.241 e. The molecule has 0 saturated heterocycles. The number of fused-ring (bicyclic) bond motifs is 1. The van der Waals surface area contributed by atoms with E-state index < -0.39 is 5.41 Å². The van der Waals surface area contributed by atoms with E-state index in [1.54, 1.807) is 30.0 Å². The fraction of sp³-hybridized carbons (Fsp3) is 0.235. The Hall–Kier alpha value is -2.07. The standard InChI is InChI=1S/C17H15ClFNO2/c1-10-8-12(5-7-15(10)22-19)20-14-6-4-11(18)9-13(14)17(2,3)16(20)21/h4-9H,1-3H3. The van der Waals surface area contributed by atoms with Gasteiger partial charge in [0.05, 0.1) is 11.1 Å². The fourth-order valence-corrected chi connectivity index (χ4v) is 3.00. The SMILES string of the molecule is Cc1cc(N2C(=O)C(C)(C)c3cc(Cl)ccc32)ccc1OF. The van der Waals surface area contributed by atoms with Gasteiger partial charge in [-0.1, -0.05) is 11.6 Å². The first-order valence-electron chi connectivity index (χ1n) is 6.90. The summed E-state index contributed by atoms with van der Waals surface area (Å²) < 4.78 is 12.4. The van der Waals surface area contributed by atoms with Crippen molar-refractivity contribution in [2.45, 2.75) is 26.2 Å². The minimum atomic E-state index is -0.663. The van der Waals surface area contributed by atoms with Crippen LogP contribution < -0.4 is 9.84 Å². The van der Waals surface area contributed by atoms with Gasteiger partial charge in [0.15, 0.2) is 5.75 Å². The summed E-state index contributed by atoms with van der Waals surface area (Å²) in [5.41, 5.74) is 2.32. The first kappa shape index (κ1) is 14.9. The zero-order valence-electron chi connectivity index (χ0n) is 12.5. The molecule has 1 heterocycles. The number of halogens is 2. The second-order valence-corrected chi connectivity index (χ2v) is 6.39. The summed E-state index contributed by atoms with van der Waals surface area (Å²) in [5, 5.41) is 0.596. The second kappa shape index (κ2) is 4.99. The Morgan fingerprint density at radius 2 is 1.91 bits per heavy atom. The predicted molar refractivity (Wildman–Crippen MR) is 84.5 cm³/mol. The van der Waals surface area contributed by atoms with Gasteiger partial charge < -0.3 is 0 Å². The molecule has 0 aliphatic carbocycles.